The molecule has 0 radical (unpaired) electrons. The molecule has 1 saturated heterocycles. The summed E-state index contributed by atoms with van der Waals surface area (Å²) in [6, 6.07) is 6.07. The van der Waals surface area contributed by atoms with E-state index in [2.05, 4.69) is 4.90 Å². The van der Waals surface area contributed by atoms with Gasteiger partial charge in [0.25, 0.3) is 0 Å². The highest BCUT2D eigenvalue weighted by atomic mass is 35.5. The van der Waals surface area contributed by atoms with Crippen LogP contribution in [-0.4, -0.2) is 49.0 Å². The minimum Gasteiger partial charge on any atom is -0.496 e. The average Bonchev–Trinajstić information content (AvgIpc) is 2.95. The van der Waals surface area contributed by atoms with Gasteiger partial charge in [-0.15, -0.1) is 0 Å². The van der Waals surface area contributed by atoms with E-state index >= 15 is 0 Å². The zero-order chi connectivity index (χ0) is 15.5. The minimum absolute atomic E-state index is 0.193. The van der Waals surface area contributed by atoms with Crippen molar-refractivity contribution in [1.82, 2.24) is 4.90 Å². The fraction of sp³-hybridized carbons (Fsp3) is 0.647. The third kappa shape index (κ3) is 3.40. The number of methoxy groups -OCH3 is 1. The van der Waals surface area contributed by atoms with Gasteiger partial charge < -0.3 is 14.6 Å². The molecule has 1 saturated carbocycles. The largest absolute Gasteiger partial charge is 0.496 e. The molecule has 0 bridgehead atoms. The number of ether oxygens (including phenoxy) is 2. The van der Waals surface area contributed by atoms with E-state index in [9.17, 15) is 5.11 Å². The lowest BCUT2D eigenvalue weighted by Crippen LogP contribution is -2.50. The molecule has 0 spiro atoms. The molecular weight excluding hydrogens is 302 g/mol. The topological polar surface area (TPSA) is 41.9 Å². The van der Waals surface area contributed by atoms with Crippen LogP contribution >= 0.6 is 11.6 Å². The van der Waals surface area contributed by atoms with Crippen molar-refractivity contribution in [3.63, 3.8) is 0 Å². The molecule has 1 heterocycles. The highest BCUT2D eigenvalue weighted by Crippen LogP contribution is 2.34. The quantitative estimate of drug-likeness (QED) is 0.924. The van der Waals surface area contributed by atoms with Crippen molar-refractivity contribution >= 4 is 11.6 Å². The first-order valence-corrected chi connectivity index (χ1v) is 8.39. The maximum atomic E-state index is 10.2. The molecule has 3 rings (SSSR count). The number of nitrogens with zero attached hydrogens (tertiary/aromatic N) is 1. The van der Waals surface area contributed by atoms with Crippen LogP contribution in [0.5, 0.6) is 5.75 Å². The van der Waals surface area contributed by atoms with Gasteiger partial charge in [0.2, 0.25) is 0 Å². The molecule has 0 amide bonds. The van der Waals surface area contributed by atoms with Crippen molar-refractivity contribution in [2.45, 2.75) is 38.0 Å². The summed E-state index contributed by atoms with van der Waals surface area (Å²) >= 11 is 6.04. The van der Waals surface area contributed by atoms with Crippen molar-refractivity contribution in [2.75, 3.05) is 26.9 Å². The van der Waals surface area contributed by atoms with Crippen LogP contribution in [0.15, 0.2) is 18.2 Å². The number of morpholine rings is 1. The second-order valence-electron chi connectivity index (χ2n) is 6.23. The average molecular weight is 326 g/mol. The fourth-order valence-corrected chi connectivity index (χ4v) is 3.90. The summed E-state index contributed by atoms with van der Waals surface area (Å²) in [5.41, 5.74) is 1.13. The molecule has 5 heteroatoms. The fourth-order valence-electron chi connectivity index (χ4n) is 3.73. The number of benzene rings is 1. The van der Waals surface area contributed by atoms with Gasteiger partial charge in [0.05, 0.1) is 26.4 Å². The monoisotopic (exact) mass is 325 g/mol. The Balaban J connectivity index is 1.77. The zero-order valence-electron chi connectivity index (χ0n) is 13.0. The number of rotatable bonds is 4. The lowest BCUT2D eigenvalue weighted by atomic mass is 9.94. The standard InChI is InChI=1S/C17H24ClNO3/c1-21-17-9-13(18)6-5-12(17)10-19-7-8-22-11-15(19)14-3-2-4-16(14)20/h5-6,9,14-16,20H,2-4,7-8,10-11H2,1H3. The number of halogens is 1. The molecule has 4 nitrogen and oxygen atoms in total. The van der Waals surface area contributed by atoms with E-state index in [4.69, 9.17) is 21.1 Å². The molecule has 0 aromatic heterocycles. The van der Waals surface area contributed by atoms with E-state index in [0.717, 1.165) is 50.3 Å². The molecule has 1 aromatic carbocycles. The third-order valence-corrected chi connectivity index (χ3v) is 5.16. The highest BCUT2D eigenvalue weighted by molar-refractivity contribution is 6.30. The lowest BCUT2D eigenvalue weighted by molar-refractivity contribution is -0.0538. The minimum atomic E-state index is -0.193. The molecule has 2 fully saturated rings. The van der Waals surface area contributed by atoms with Gasteiger partial charge in [0.1, 0.15) is 5.75 Å². The maximum absolute atomic E-state index is 10.2. The Labute approximate surface area is 137 Å². The van der Waals surface area contributed by atoms with Gasteiger partial charge in [-0.25, -0.2) is 0 Å². The van der Waals surface area contributed by atoms with Crippen LogP contribution in [0.3, 0.4) is 0 Å². The molecule has 1 aromatic rings. The van der Waals surface area contributed by atoms with Gasteiger partial charge in [-0.3, -0.25) is 4.90 Å². The van der Waals surface area contributed by atoms with Crippen molar-refractivity contribution in [2.24, 2.45) is 5.92 Å². The van der Waals surface area contributed by atoms with Crippen LogP contribution in [0.2, 0.25) is 5.02 Å². The van der Waals surface area contributed by atoms with E-state index < -0.39 is 0 Å². The van der Waals surface area contributed by atoms with Gasteiger partial charge in [-0.1, -0.05) is 24.1 Å². The van der Waals surface area contributed by atoms with Crippen molar-refractivity contribution < 1.29 is 14.6 Å². The number of hydrogen-bond donors (Lipinski definition) is 1. The van der Waals surface area contributed by atoms with Crippen LogP contribution in [-0.2, 0) is 11.3 Å². The van der Waals surface area contributed by atoms with Gasteiger partial charge >= 0.3 is 0 Å². The molecule has 3 atom stereocenters. The Morgan fingerprint density at radius 2 is 2.27 bits per heavy atom. The first-order valence-electron chi connectivity index (χ1n) is 8.01. The van der Waals surface area contributed by atoms with E-state index in [-0.39, 0.29) is 12.1 Å². The lowest BCUT2D eigenvalue weighted by Gasteiger charge is -2.40. The van der Waals surface area contributed by atoms with E-state index in [1.54, 1.807) is 7.11 Å². The van der Waals surface area contributed by atoms with E-state index in [1.165, 1.54) is 0 Å². The summed E-state index contributed by atoms with van der Waals surface area (Å²) in [5.74, 6) is 1.14. The summed E-state index contributed by atoms with van der Waals surface area (Å²) in [7, 11) is 1.67. The second kappa shape index (κ2) is 7.18. The molecule has 1 N–H and O–H groups in total. The summed E-state index contributed by atoms with van der Waals surface area (Å²) < 4.78 is 11.1. The molecule has 2 aliphatic rings. The van der Waals surface area contributed by atoms with Gasteiger partial charge in [-0.05, 0) is 25.0 Å². The Hall–Kier alpha value is -0.810. The second-order valence-corrected chi connectivity index (χ2v) is 6.67. The Bertz CT molecular complexity index is 511. The summed E-state index contributed by atoms with van der Waals surface area (Å²) in [5, 5.41) is 10.9. The Morgan fingerprint density at radius 1 is 1.41 bits per heavy atom. The number of aliphatic hydroxyl groups excluding tert-OH is 1. The van der Waals surface area contributed by atoms with Crippen LogP contribution in [0, 0.1) is 5.92 Å². The van der Waals surface area contributed by atoms with E-state index in [1.807, 2.05) is 18.2 Å². The molecule has 22 heavy (non-hydrogen) atoms. The third-order valence-electron chi connectivity index (χ3n) is 4.93. The molecule has 1 aliphatic heterocycles. The SMILES string of the molecule is COc1cc(Cl)ccc1CN1CCOCC1C1CCCC1O. The van der Waals surface area contributed by atoms with Crippen LogP contribution in [0.4, 0.5) is 0 Å². The van der Waals surface area contributed by atoms with Crippen molar-refractivity contribution in [1.29, 1.82) is 0 Å². The Kier molecular flexibility index (Phi) is 5.24. The summed E-state index contributed by atoms with van der Waals surface area (Å²) in [6.07, 6.45) is 2.92. The van der Waals surface area contributed by atoms with Gasteiger partial charge in [0.15, 0.2) is 0 Å². The predicted molar refractivity (Wildman–Crippen MR) is 86.4 cm³/mol. The number of hydrogen-bond acceptors (Lipinski definition) is 4. The smallest absolute Gasteiger partial charge is 0.124 e. The highest BCUT2D eigenvalue weighted by Gasteiger charge is 2.37. The predicted octanol–water partition coefficient (Wildman–Crippen LogP) is 2.71. The van der Waals surface area contributed by atoms with Crippen molar-refractivity contribution in [3.8, 4) is 5.75 Å². The van der Waals surface area contributed by atoms with Gasteiger partial charge in [0, 0.05) is 35.6 Å². The summed E-state index contributed by atoms with van der Waals surface area (Å²) in [4.78, 5) is 2.43. The maximum Gasteiger partial charge on any atom is 0.124 e. The molecule has 3 unspecified atom stereocenters. The van der Waals surface area contributed by atoms with E-state index in [0.29, 0.717) is 17.5 Å². The van der Waals surface area contributed by atoms with Gasteiger partial charge in [-0.2, -0.15) is 0 Å². The van der Waals surface area contributed by atoms with Crippen LogP contribution < -0.4 is 4.74 Å². The van der Waals surface area contributed by atoms with Crippen molar-refractivity contribution in [3.05, 3.63) is 28.8 Å². The normalized spacial score (nSPS) is 29.7. The van der Waals surface area contributed by atoms with Crippen LogP contribution in [0.25, 0.3) is 0 Å². The van der Waals surface area contributed by atoms with Crippen LogP contribution in [0.1, 0.15) is 24.8 Å². The first kappa shape index (κ1) is 16.1. The first-order chi connectivity index (χ1) is 10.7. The number of aliphatic hydroxyl groups is 1. The molecule has 1 aliphatic carbocycles. The molecule has 122 valence electrons. The summed E-state index contributed by atoms with van der Waals surface area (Å²) in [6.45, 7) is 3.14. The molecular formula is C17H24ClNO3. The Morgan fingerprint density at radius 3 is 3.00 bits per heavy atom. The zero-order valence-corrected chi connectivity index (χ0v) is 13.8.